The molecule has 0 atom stereocenters. The first-order valence-corrected chi connectivity index (χ1v) is 5.77. The van der Waals surface area contributed by atoms with Gasteiger partial charge < -0.3 is 10.3 Å². The molecule has 2 aromatic heterocycles. The normalized spacial score (nSPS) is 11.6. The fourth-order valence-electron chi connectivity index (χ4n) is 1.09. The number of aromatic amines is 1. The molecule has 0 aliphatic carbocycles. The van der Waals surface area contributed by atoms with Gasteiger partial charge >= 0.3 is 0 Å². The fourth-order valence-corrected chi connectivity index (χ4v) is 2.12. The number of sulfonamides is 1. The Balaban J connectivity index is 2.31. The second-order valence-electron chi connectivity index (χ2n) is 3.18. The van der Waals surface area contributed by atoms with E-state index in [0.29, 0.717) is 0 Å². The predicted molar refractivity (Wildman–Crippen MR) is 57.0 cm³/mol. The molecule has 86 valence electrons. The van der Waals surface area contributed by atoms with Gasteiger partial charge in [0, 0.05) is 13.2 Å². The Labute approximate surface area is 91.5 Å². The van der Waals surface area contributed by atoms with E-state index in [1.54, 1.807) is 7.05 Å². The van der Waals surface area contributed by atoms with Crippen LogP contribution in [0.1, 0.15) is 0 Å². The molecule has 0 unspecified atom stereocenters. The molecule has 0 spiro atoms. The molecule has 2 rings (SSSR count). The van der Waals surface area contributed by atoms with Crippen LogP contribution in [-0.4, -0.2) is 28.2 Å². The van der Waals surface area contributed by atoms with Crippen molar-refractivity contribution < 1.29 is 8.42 Å². The van der Waals surface area contributed by atoms with E-state index in [1.807, 2.05) is 0 Å². The zero-order valence-corrected chi connectivity index (χ0v) is 9.19. The highest BCUT2D eigenvalue weighted by Crippen LogP contribution is 2.17. The first kappa shape index (κ1) is 10.5. The van der Waals surface area contributed by atoms with Gasteiger partial charge in [0.25, 0.3) is 10.0 Å². The third-order valence-corrected chi connectivity index (χ3v) is 3.10. The number of nitrogens with two attached hydrogens (primary N) is 1. The summed E-state index contributed by atoms with van der Waals surface area (Å²) in [5, 5.41) is 5.96. The largest absolute Gasteiger partial charge is 0.394 e. The predicted octanol–water partition coefficient (Wildman–Crippen LogP) is -0.474. The van der Waals surface area contributed by atoms with Crippen molar-refractivity contribution in [3.05, 3.63) is 18.7 Å². The van der Waals surface area contributed by atoms with Crippen molar-refractivity contribution in [1.82, 2.24) is 19.7 Å². The minimum Gasteiger partial charge on any atom is -0.394 e. The van der Waals surface area contributed by atoms with E-state index >= 15 is 0 Å². The van der Waals surface area contributed by atoms with Crippen LogP contribution in [-0.2, 0) is 17.1 Å². The molecular weight excluding hydrogens is 232 g/mol. The number of rotatable bonds is 3. The second-order valence-corrected chi connectivity index (χ2v) is 4.81. The molecule has 0 aliphatic rings. The van der Waals surface area contributed by atoms with E-state index in [2.05, 4.69) is 19.9 Å². The van der Waals surface area contributed by atoms with Crippen molar-refractivity contribution in [2.45, 2.75) is 5.03 Å². The molecule has 0 amide bonds. The molecule has 16 heavy (non-hydrogen) atoms. The highest BCUT2D eigenvalue weighted by atomic mass is 32.2. The van der Waals surface area contributed by atoms with Gasteiger partial charge in [-0.3, -0.25) is 9.82 Å². The molecule has 0 saturated heterocycles. The molecule has 8 nitrogen and oxygen atoms in total. The van der Waals surface area contributed by atoms with E-state index in [0.717, 1.165) is 0 Å². The Morgan fingerprint density at radius 2 is 2.31 bits per heavy atom. The number of aromatic nitrogens is 4. The van der Waals surface area contributed by atoms with Crippen molar-refractivity contribution in [3.8, 4) is 0 Å². The van der Waals surface area contributed by atoms with Crippen LogP contribution in [0.15, 0.2) is 23.7 Å². The van der Waals surface area contributed by atoms with Gasteiger partial charge in [0.05, 0.1) is 18.2 Å². The van der Waals surface area contributed by atoms with Gasteiger partial charge in [0.15, 0.2) is 10.8 Å². The number of hydrogen-bond donors (Lipinski definition) is 3. The Bertz CT molecular complexity index is 598. The number of nitrogens with one attached hydrogen (secondary N) is 2. The van der Waals surface area contributed by atoms with Crippen molar-refractivity contribution >= 4 is 21.5 Å². The fraction of sp³-hybridized carbons (Fsp3) is 0.143. The van der Waals surface area contributed by atoms with Crippen LogP contribution in [0.5, 0.6) is 0 Å². The Hall–Kier alpha value is -2.03. The van der Waals surface area contributed by atoms with Gasteiger partial charge in [-0.25, -0.2) is 4.98 Å². The monoisotopic (exact) mass is 242 g/mol. The van der Waals surface area contributed by atoms with E-state index in [4.69, 9.17) is 5.73 Å². The summed E-state index contributed by atoms with van der Waals surface area (Å²) in [6.07, 6.45) is 4.09. The first-order chi connectivity index (χ1) is 7.49. The van der Waals surface area contributed by atoms with E-state index in [-0.39, 0.29) is 16.5 Å². The van der Waals surface area contributed by atoms with Gasteiger partial charge in [0.2, 0.25) is 0 Å². The van der Waals surface area contributed by atoms with Gasteiger partial charge in [-0.05, 0) is 0 Å². The molecule has 2 heterocycles. The van der Waals surface area contributed by atoms with Crippen LogP contribution in [0.4, 0.5) is 11.5 Å². The molecule has 0 fully saturated rings. The smallest absolute Gasteiger partial charge is 0.282 e. The number of nitrogens with zero attached hydrogens (tertiary/aromatic N) is 3. The Kier molecular flexibility index (Phi) is 2.31. The summed E-state index contributed by atoms with van der Waals surface area (Å²) in [5.41, 5.74) is 5.71. The second kappa shape index (κ2) is 3.52. The topological polar surface area (TPSA) is 119 Å². The van der Waals surface area contributed by atoms with Crippen LogP contribution in [0, 0.1) is 0 Å². The number of hydrogen-bond acceptors (Lipinski definition) is 5. The Morgan fingerprint density at radius 3 is 2.81 bits per heavy atom. The van der Waals surface area contributed by atoms with Crippen LogP contribution in [0.25, 0.3) is 0 Å². The lowest BCUT2D eigenvalue weighted by Crippen LogP contribution is -2.14. The molecule has 0 bridgehead atoms. The van der Waals surface area contributed by atoms with Gasteiger partial charge in [0.1, 0.15) is 0 Å². The van der Waals surface area contributed by atoms with Crippen LogP contribution in [0.2, 0.25) is 0 Å². The number of H-pyrrole nitrogens is 1. The Morgan fingerprint density at radius 1 is 1.56 bits per heavy atom. The van der Waals surface area contributed by atoms with Crippen molar-refractivity contribution in [1.29, 1.82) is 0 Å². The summed E-state index contributed by atoms with van der Waals surface area (Å²) < 4.78 is 27.3. The molecule has 0 aliphatic heterocycles. The molecule has 0 radical (unpaired) electrons. The van der Waals surface area contributed by atoms with Gasteiger partial charge in [-0.2, -0.15) is 13.5 Å². The summed E-state index contributed by atoms with van der Waals surface area (Å²) in [5.74, 6) is 0.130. The molecule has 0 aromatic carbocycles. The number of anilines is 2. The highest BCUT2D eigenvalue weighted by Gasteiger charge is 2.18. The minimum absolute atomic E-state index is 0.0796. The summed E-state index contributed by atoms with van der Waals surface area (Å²) in [7, 11) is -2.04. The number of nitrogen functional groups attached to an aromatic ring is 1. The lowest BCUT2D eigenvalue weighted by molar-refractivity contribution is 0.598. The molecule has 4 N–H and O–H groups in total. The maximum absolute atomic E-state index is 11.8. The summed E-state index contributed by atoms with van der Waals surface area (Å²) in [4.78, 5) is 3.74. The van der Waals surface area contributed by atoms with Crippen molar-refractivity contribution in [2.24, 2.45) is 7.05 Å². The summed E-state index contributed by atoms with van der Waals surface area (Å²) in [6.45, 7) is 0. The van der Waals surface area contributed by atoms with Gasteiger partial charge in [-0.15, -0.1) is 0 Å². The lowest BCUT2D eigenvalue weighted by atomic mass is 10.6. The maximum atomic E-state index is 11.8. The zero-order valence-electron chi connectivity index (χ0n) is 8.38. The van der Waals surface area contributed by atoms with Crippen LogP contribution in [0.3, 0.4) is 0 Å². The average molecular weight is 242 g/mol. The third-order valence-electron chi connectivity index (χ3n) is 1.86. The number of imidazole rings is 1. The number of aryl methyl sites for hydroxylation is 1. The summed E-state index contributed by atoms with van der Waals surface area (Å²) in [6, 6.07) is 0. The first-order valence-electron chi connectivity index (χ1n) is 4.28. The maximum Gasteiger partial charge on any atom is 0.282 e. The van der Waals surface area contributed by atoms with Crippen molar-refractivity contribution in [3.63, 3.8) is 0 Å². The molecule has 9 heteroatoms. The third kappa shape index (κ3) is 1.84. The van der Waals surface area contributed by atoms with Crippen molar-refractivity contribution in [2.75, 3.05) is 10.5 Å². The van der Waals surface area contributed by atoms with E-state index in [9.17, 15) is 8.42 Å². The van der Waals surface area contributed by atoms with Gasteiger partial charge in [-0.1, -0.05) is 0 Å². The van der Waals surface area contributed by atoms with Crippen LogP contribution >= 0.6 is 0 Å². The molecule has 2 aromatic rings. The van der Waals surface area contributed by atoms with E-state index < -0.39 is 10.0 Å². The minimum atomic E-state index is -3.72. The zero-order chi connectivity index (χ0) is 11.8. The standard InChI is InChI=1S/C7H10N6O2S/c1-13-3-6(9-4-13)16(14,15)12-7-5(8)2-10-11-7/h2-4H,8H2,1H3,(H2,10,11,12). The lowest BCUT2D eigenvalue weighted by Gasteiger charge is -2.03. The van der Waals surface area contributed by atoms with E-state index in [1.165, 1.54) is 23.3 Å². The molecular formula is C7H10N6O2S. The SMILES string of the molecule is Cn1cnc(S(=O)(=O)Nc2[nH]ncc2N)c1. The summed E-state index contributed by atoms with van der Waals surface area (Å²) >= 11 is 0. The van der Waals surface area contributed by atoms with Crippen LogP contribution < -0.4 is 10.5 Å². The quantitative estimate of drug-likeness (QED) is 0.672. The highest BCUT2D eigenvalue weighted by molar-refractivity contribution is 7.92. The average Bonchev–Trinajstić information content (AvgIpc) is 2.77. The molecule has 0 saturated carbocycles.